The topological polar surface area (TPSA) is 129 Å². The number of fused-ring (bicyclic) bond motifs is 1. The van der Waals surface area contributed by atoms with Crippen molar-refractivity contribution in [3.05, 3.63) is 33.5 Å². The normalized spacial score (nSPS) is 26.0. The van der Waals surface area contributed by atoms with Gasteiger partial charge in [0.15, 0.2) is 17.7 Å². The maximum Gasteiger partial charge on any atom is 0.167 e. The van der Waals surface area contributed by atoms with E-state index in [4.69, 9.17) is 15.2 Å². The van der Waals surface area contributed by atoms with E-state index in [1.54, 1.807) is 11.3 Å². The third-order valence-electron chi connectivity index (χ3n) is 4.15. The van der Waals surface area contributed by atoms with Crippen LogP contribution in [-0.2, 0) is 16.1 Å². The van der Waals surface area contributed by atoms with Crippen LogP contribution >= 0.6 is 27.3 Å². The number of rotatable bonds is 5. The first-order chi connectivity index (χ1) is 12.5. The molecule has 0 aliphatic carbocycles. The fraction of sp³-hybridized carbons (Fsp3) is 0.400. The van der Waals surface area contributed by atoms with E-state index in [2.05, 4.69) is 30.9 Å². The molecular weight excluding hydrogens is 426 g/mol. The molecule has 0 unspecified atom stereocenters. The average Bonchev–Trinajstić information content (AvgIpc) is 3.30. The van der Waals surface area contributed by atoms with Crippen molar-refractivity contribution in [1.29, 1.82) is 0 Å². The highest BCUT2D eigenvalue weighted by Crippen LogP contribution is 2.32. The van der Waals surface area contributed by atoms with E-state index >= 15 is 0 Å². The van der Waals surface area contributed by atoms with Crippen molar-refractivity contribution in [3.8, 4) is 0 Å². The van der Waals surface area contributed by atoms with Gasteiger partial charge in [-0.1, -0.05) is 0 Å². The summed E-state index contributed by atoms with van der Waals surface area (Å²) in [6, 6.07) is 1.97. The second-order valence-corrected chi connectivity index (χ2v) is 7.79. The molecule has 11 heteroatoms. The number of aliphatic hydroxyl groups is 2. The second-order valence-electron chi connectivity index (χ2n) is 5.88. The molecule has 0 aromatic carbocycles. The Labute approximate surface area is 160 Å². The summed E-state index contributed by atoms with van der Waals surface area (Å²) in [5, 5.41) is 22.7. The number of anilines is 1. The number of ether oxygens (including phenoxy) is 2. The van der Waals surface area contributed by atoms with Gasteiger partial charge in [-0.15, -0.1) is 11.3 Å². The van der Waals surface area contributed by atoms with Crippen LogP contribution in [0.15, 0.2) is 28.6 Å². The Kier molecular flexibility index (Phi) is 4.90. The van der Waals surface area contributed by atoms with Crippen LogP contribution in [0.1, 0.15) is 11.1 Å². The molecule has 4 heterocycles. The quantitative estimate of drug-likeness (QED) is 0.535. The summed E-state index contributed by atoms with van der Waals surface area (Å²) in [6.45, 7) is 0.551. The van der Waals surface area contributed by atoms with Crippen molar-refractivity contribution >= 4 is 44.2 Å². The standard InChI is InChI=1S/C15H16BrN5O4S/c16-7-1-8(26-4-7)2-24-3-9-11(22)12(23)15(25-9)21-6-20-10-13(17)18-5-19-14(10)21/h1,4-6,9,11-12,15,22-23H,2-3H2,(H2,17,18,19)/t9-,11-,12-,15-/m1/s1. The van der Waals surface area contributed by atoms with Gasteiger partial charge in [0, 0.05) is 14.7 Å². The van der Waals surface area contributed by atoms with Gasteiger partial charge >= 0.3 is 0 Å². The number of nitrogens with two attached hydrogens (primary N) is 1. The number of nitrogen functional groups attached to an aromatic ring is 1. The molecule has 3 aromatic heterocycles. The molecule has 1 fully saturated rings. The number of imidazole rings is 1. The van der Waals surface area contributed by atoms with E-state index in [-0.39, 0.29) is 12.4 Å². The molecule has 1 aliphatic rings. The predicted octanol–water partition coefficient (Wildman–Crippen LogP) is 1.07. The van der Waals surface area contributed by atoms with Crippen molar-refractivity contribution < 1.29 is 19.7 Å². The lowest BCUT2D eigenvalue weighted by Gasteiger charge is -2.16. The Bertz CT molecular complexity index is 918. The summed E-state index contributed by atoms with van der Waals surface area (Å²) in [5.41, 5.74) is 6.62. The third kappa shape index (κ3) is 3.21. The second kappa shape index (κ2) is 7.18. The third-order valence-corrected chi connectivity index (χ3v) is 5.82. The van der Waals surface area contributed by atoms with Crippen molar-refractivity contribution in [1.82, 2.24) is 19.5 Å². The highest BCUT2D eigenvalue weighted by Gasteiger charge is 2.44. The molecule has 4 rings (SSSR count). The SMILES string of the molecule is Nc1ncnc2c1ncn2[C@@H]1O[C@H](COCc2cc(Br)cs2)[C@@H](O)[C@H]1O. The zero-order valence-corrected chi connectivity index (χ0v) is 15.8. The number of aliphatic hydroxyl groups excluding tert-OH is 2. The first kappa shape index (κ1) is 17.8. The van der Waals surface area contributed by atoms with Gasteiger partial charge in [-0.05, 0) is 22.0 Å². The Hall–Kier alpha value is -1.63. The van der Waals surface area contributed by atoms with Gasteiger partial charge in [0.1, 0.15) is 30.2 Å². The fourth-order valence-electron chi connectivity index (χ4n) is 2.86. The Morgan fingerprint density at radius 2 is 2.15 bits per heavy atom. The van der Waals surface area contributed by atoms with E-state index in [0.717, 1.165) is 9.35 Å². The number of hydrogen-bond acceptors (Lipinski definition) is 9. The first-order valence-corrected chi connectivity index (χ1v) is 9.47. The molecule has 0 spiro atoms. The van der Waals surface area contributed by atoms with Crippen molar-refractivity contribution in [2.75, 3.05) is 12.3 Å². The maximum absolute atomic E-state index is 10.4. The highest BCUT2D eigenvalue weighted by molar-refractivity contribution is 9.10. The van der Waals surface area contributed by atoms with Crippen LogP contribution in [0.5, 0.6) is 0 Å². The molecule has 0 bridgehead atoms. The van der Waals surface area contributed by atoms with Gasteiger partial charge in [0.2, 0.25) is 0 Å². The van der Waals surface area contributed by atoms with E-state index in [1.165, 1.54) is 17.2 Å². The Morgan fingerprint density at radius 1 is 1.31 bits per heavy atom. The van der Waals surface area contributed by atoms with Gasteiger partial charge in [0.05, 0.1) is 19.5 Å². The Morgan fingerprint density at radius 3 is 2.92 bits per heavy atom. The number of thiophene rings is 1. The van der Waals surface area contributed by atoms with E-state index in [0.29, 0.717) is 17.8 Å². The minimum atomic E-state index is -1.15. The number of aromatic nitrogens is 4. The summed E-state index contributed by atoms with van der Waals surface area (Å²) in [4.78, 5) is 13.2. The van der Waals surface area contributed by atoms with E-state index in [9.17, 15) is 10.2 Å². The van der Waals surface area contributed by atoms with Crippen LogP contribution in [0, 0.1) is 0 Å². The average molecular weight is 442 g/mol. The molecule has 4 N–H and O–H groups in total. The van der Waals surface area contributed by atoms with E-state index < -0.39 is 24.5 Å². The monoisotopic (exact) mass is 441 g/mol. The van der Waals surface area contributed by atoms with Crippen molar-refractivity contribution in [2.24, 2.45) is 0 Å². The largest absolute Gasteiger partial charge is 0.387 e. The molecule has 3 aromatic rings. The predicted molar refractivity (Wildman–Crippen MR) is 97.3 cm³/mol. The van der Waals surface area contributed by atoms with Crippen LogP contribution in [0.2, 0.25) is 0 Å². The van der Waals surface area contributed by atoms with Crippen LogP contribution < -0.4 is 5.73 Å². The summed E-state index contributed by atoms with van der Waals surface area (Å²) < 4.78 is 14.0. The van der Waals surface area contributed by atoms with Crippen LogP contribution in [0.25, 0.3) is 11.2 Å². The van der Waals surface area contributed by atoms with Gasteiger partial charge in [0.25, 0.3) is 0 Å². The molecule has 138 valence electrons. The van der Waals surface area contributed by atoms with Crippen LogP contribution in [0.3, 0.4) is 0 Å². The summed E-state index contributed by atoms with van der Waals surface area (Å²) in [6.07, 6.45) is -0.973. The zero-order chi connectivity index (χ0) is 18.3. The molecule has 0 saturated carbocycles. The van der Waals surface area contributed by atoms with Gasteiger partial charge in [-0.3, -0.25) is 4.57 Å². The Balaban J connectivity index is 1.46. The highest BCUT2D eigenvalue weighted by atomic mass is 79.9. The lowest BCUT2D eigenvalue weighted by atomic mass is 10.1. The summed E-state index contributed by atoms with van der Waals surface area (Å²) >= 11 is 4.96. The number of hydrogen-bond donors (Lipinski definition) is 3. The summed E-state index contributed by atoms with van der Waals surface area (Å²) in [5.74, 6) is 0.240. The van der Waals surface area contributed by atoms with Crippen molar-refractivity contribution in [3.63, 3.8) is 0 Å². The van der Waals surface area contributed by atoms with Gasteiger partial charge in [-0.2, -0.15) is 0 Å². The lowest BCUT2D eigenvalue weighted by Crippen LogP contribution is -2.33. The van der Waals surface area contributed by atoms with Crippen molar-refractivity contribution in [2.45, 2.75) is 31.1 Å². The lowest BCUT2D eigenvalue weighted by molar-refractivity contribution is -0.0679. The first-order valence-electron chi connectivity index (χ1n) is 7.80. The van der Waals surface area contributed by atoms with Gasteiger partial charge < -0.3 is 25.4 Å². The number of nitrogens with zero attached hydrogens (tertiary/aromatic N) is 4. The molecule has 1 saturated heterocycles. The van der Waals surface area contributed by atoms with Crippen LogP contribution in [0.4, 0.5) is 5.82 Å². The zero-order valence-electron chi connectivity index (χ0n) is 13.4. The fourth-order valence-corrected chi connectivity index (χ4v) is 4.24. The summed E-state index contributed by atoms with van der Waals surface area (Å²) in [7, 11) is 0. The molecular formula is C15H16BrN5O4S. The molecule has 0 radical (unpaired) electrons. The molecule has 26 heavy (non-hydrogen) atoms. The van der Waals surface area contributed by atoms with Crippen LogP contribution in [-0.4, -0.2) is 54.7 Å². The molecule has 9 nitrogen and oxygen atoms in total. The smallest absolute Gasteiger partial charge is 0.167 e. The van der Waals surface area contributed by atoms with E-state index in [1.807, 2.05) is 11.4 Å². The van der Waals surface area contributed by atoms with Gasteiger partial charge in [-0.25, -0.2) is 15.0 Å². The number of halogens is 1. The minimum absolute atomic E-state index is 0.147. The minimum Gasteiger partial charge on any atom is -0.387 e. The molecule has 1 aliphatic heterocycles. The molecule has 0 amide bonds. The molecule has 4 atom stereocenters. The maximum atomic E-state index is 10.4.